The molecule has 0 aliphatic heterocycles. The molecule has 0 aliphatic carbocycles. The van der Waals surface area contributed by atoms with Crippen molar-refractivity contribution in [2.75, 3.05) is 5.73 Å². The first-order valence-electron chi connectivity index (χ1n) is 4.99. The number of aliphatic hydroxyl groups excluding tert-OH is 1. The highest BCUT2D eigenvalue weighted by molar-refractivity contribution is 5.39. The van der Waals surface area contributed by atoms with E-state index < -0.39 is 17.5 Å². The van der Waals surface area contributed by atoms with Gasteiger partial charge in [0.25, 0.3) is 0 Å². The van der Waals surface area contributed by atoms with Crippen LogP contribution in [0.2, 0.25) is 0 Å². The second-order valence-electron chi connectivity index (χ2n) is 3.65. The van der Waals surface area contributed by atoms with Crippen molar-refractivity contribution >= 4 is 5.69 Å². The predicted octanol–water partition coefficient (Wildman–Crippen LogP) is -0.819. The van der Waals surface area contributed by atoms with Crippen LogP contribution >= 0.6 is 0 Å². The molecule has 5 N–H and O–H groups in total. The number of aliphatic hydroxyl groups is 1. The summed E-state index contributed by atoms with van der Waals surface area (Å²) in [6.45, 7) is -0.110. The molecule has 0 fully saturated rings. The summed E-state index contributed by atoms with van der Waals surface area (Å²) in [5.74, 6) is 0. The zero-order valence-corrected chi connectivity index (χ0v) is 8.88. The van der Waals surface area contributed by atoms with Gasteiger partial charge in [-0.15, -0.1) is 0 Å². The number of hydrogen-bond acceptors (Lipinski definition) is 4. The smallest absolute Gasteiger partial charge is 0.344 e. The summed E-state index contributed by atoms with van der Waals surface area (Å²) >= 11 is 0. The van der Waals surface area contributed by atoms with Crippen LogP contribution in [0, 0.1) is 0 Å². The van der Waals surface area contributed by atoms with Crippen molar-refractivity contribution in [1.29, 1.82) is 0 Å². The van der Waals surface area contributed by atoms with Crippen LogP contribution in [0.25, 0.3) is 0 Å². The van der Waals surface area contributed by atoms with E-state index in [2.05, 4.69) is 10.2 Å². The highest BCUT2D eigenvalue weighted by Gasteiger charge is 2.11. The summed E-state index contributed by atoms with van der Waals surface area (Å²) in [5.41, 5.74) is 5.53. The van der Waals surface area contributed by atoms with E-state index in [4.69, 9.17) is 5.73 Å². The van der Waals surface area contributed by atoms with E-state index in [1.807, 2.05) is 0 Å². The van der Waals surface area contributed by atoms with Gasteiger partial charge in [0.2, 0.25) is 0 Å². The molecule has 90 valence electrons. The molecule has 1 aromatic heterocycles. The molecule has 0 bridgehead atoms. The Morgan fingerprint density at radius 2 is 1.71 bits per heavy atom. The number of nitrogens with two attached hydrogens (primary N) is 1. The van der Waals surface area contributed by atoms with Gasteiger partial charge in [-0.05, 0) is 17.7 Å². The number of hydrogen-bond donors (Lipinski definition) is 4. The Hall–Kier alpha value is -2.28. The van der Waals surface area contributed by atoms with Gasteiger partial charge in [-0.3, -0.25) is 0 Å². The first kappa shape index (κ1) is 11.2. The van der Waals surface area contributed by atoms with Gasteiger partial charge in [0.1, 0.15) is 0 Å². The molecule has 1 aromatic carbocycles. The summed E-state index contributed by atoms with van der Waals surface area (Å²) in [6.07, 6.45) is -0.940. The van der Waals surface area contributed by atoms with Crippen molar-refractivity contribution in [2.45, 2.75) is 12.6 Å². The molecule has 7 heteroatoms. The molecule has 0 saturated carbocycles. The minimum Gasteiger partial charge on any atom is -0.399 e. The van der Waals surface area contributed by atoms with Crippen LogP contribution in [-0.2, 0) is 6.54 Å². The molecule has 0 saturated heterocycles. The fraction of sp³-hybridized carbons (Fsp3) is 0.200. The number of nitrogens with zero attached hydrogens (tertiary/aromatic N) is 1. The molecule has 2 aromatic rings. The molecule has 1 unspecified atom stereocenters. The normalized spacial score (nSPS) is 12.5. The van der Waals surface area contributed by atoms with Crippen LogP contribution in [0.4, 0.5) is 5.69 Å². The summed E-state index contributed by atoms with van der Waals surface area (Å²) < 4.78 is 0.890. The Bertz CT molecular complexity index is 580. The standard InChI is InChI=1S/C10H12N4O3/c11-7-3-1-6(2-4-7)8(15)5-14-9(16)12-13-10(14)17/h1-4,8,15H,5,11H2,(H,12,16)(H,13,17). The number of benzene rings is 1. The lowest BCUT2D eigenvalue weighted by Gasteiger charge is -2.10. The fourth-order valence-electron chi connectivity index (χ4n) is 1.50. The van der Waals surface area contributed by atoms with E-state index in [1.165, 1.54) is 0 Å². The number of anilines is 1. The van der Waals surface area contributed by atoms with Crippen LogP contribution < -0.4 is 17.1 Å². The maximum Gasteiger partial charge on any atom is 0.344 e. The highest BCUT2D eigenvalue weighted by Crippen LogP contribution is 2.15. The Morgan fingerprint density at radius 1 is 1.18 bits per heavy atom. The lowest BCUT2D eigenvalue weighted by atomic mass is 10.1. The zero-order chi connectivity index (χ0) is 12.4. The molecule has 0 spiro atoms. The maximum absolute atomic E-state index is 11.2. The average molecular weight is 236 g/mol. The molecule has 0 amide bonds. The largest absolute Gasteiger partial charge is 0.399 e. The van der Waals surface area contributed by atoms with Crippen molar-refractivity contribution in [1.82, 2.24) is 14.8 Å². The third-order valence-corrected chi connectivity index (χ3v) is 2.44. The topological polar surface area (TPSA) is 117 Å². The first-order valence-corrected chi connectivity index (χ1v) is 4.99. The van der Waals surface area contributed by atoms with Crippen LogP contribution in [-0.4, -0.2) is 19.9 Å². The number of aromatic amines is 2. The molecular weight excluding hydrogens is 224 g/mol. The number of H-pyrrole nitrogens is 2. The van der Waals surface area contributed by atoms with Crippen LogP contribution in [0.15, 0.2) is 33.9 Å². The van der Waals surface area contributed by atoms with Gasteiger partial charge in [-0.1, -0.05) is 12.1 Å². The second-order valence-corrected chi connectivity index (χ2v) is 3.65. The van der Waals surface area contributed by atoms with Gasteiger partial charge in [0.15, 0.2) is 0 Å². The summed E-state index contributed by atoms with van der Waals surface area (Å²) in [4.78, 5) is 22.4. The predicted molar refractivity (Wildman–Crippen MR) is 61.5 cm³/mol. The zero-order valence-electron chi connectivity index (χ0n) is 8.88. The van der Waals surface area contributed by atoms with Crippen molar-refractivity contribution in [2.24, 2.45) is 0 Å². The van der Waals surface area contributed by atoms with Crippen molar-refractivity contribution in [3.63, 3.8) is 0 Å². The van der Waals surface area contributed by atoms with Crippen molar-refractivity contribution in [3.8, 4) is 0 Å². The van der Waals surface area contributed by atoms with Gasteiger partial charge in [0, 0.05) is 5.69 Å². The Labute approximate surface area is 95.5 Å². The average Bonchev–Trinajstić information content (AvgIpc) is 2.61. The lowest BCUT2D eigenvalue weighted by Crippen LogP contribution is -2.29. The van der Waals surface area contributed by atoms with E-state index in [-0.39, 0.29) is 6.54 Å². The van der Waals surface area contributed by atoms with E-state index in [0.717, 1.165) is 4.57 Å². The minimum atomic E-state index is -0.940. The number of aromatic nitrogens is 3. The number of nitrogens with one attached hydrogen (secondary N) is 2. The van der Waals surface area contributed by atoms with Crippen LogP contribution in [0.5, 0.6) is 0 Å². The molecule has 2 rings (SSSR count). The molecule has 7 nitrogen and oxygen atoms in total. The summed E-state index contributed by atoms with van der Waals surface area (Å²) in [7, 11) is 0. The summed E-state index contributed by atoms with van der Waals surface area (Å²) in [6, 6.07) is 6.57. The SMILES string of the molecule is Nc1ccc(C(O)Cn2c(=O)[nH][nH]c2=O)cc1. The maximum atomic E-state index is 11.2. The Kier molecular flexibility index (Phi) is 2.84. The molecule has 1 heterocycles. The third-order valence-electron chi connectivity index (χ3n) is 2.44. The molecule has 0 aliphatic rings. The Balaban J connectivity index is 2.23. The van der Waals surface area contributed by atoms with Gasteiger partial charge in [-0.2, -0.15) is 0 Å². The lowest BCUT2D eigenvalue weighted by molar-refractivity contribution is 0.154. The molecule has 0 radical (unpaired) electrons. The van der Waals surface area contributed by atoms with Crippen LogP contribution in [0.1, 0.15) is 11.7 Å². The van der Waals surface area contributed by atoms with Crippen LogP contribution in [0.3, 0.4) is 0 Å². The molecule has 1 atom stereocenters. The monoisotopic (exact) mass is 236 g/mol. The molecule has 17 heavy (non-hydrogen) atoms. The summed E-state index contributed by atoms with van der Waals surface area (Å²) in [5, 5.41) is 14.1. The van der Waals surface area contributed by atoms with E-state index in [1.54, 1.807) is 24.3 Å². The van der Waals surface area contributed by atoms with E-state index >= 15 is 0 Å². The fourth-order valence-corrected chi connectivity index (χ4v) is 1.50. The van der Waals surface area contributed by atoms with Gasteiger partial charge >= 0.3 is 11.4 Å². The van der Waals surface area contributed by atoms with E-state index in [0.29, 0.717) is 11.3 Å². The van der Waals surface area contributed by atoms with E-state index in [9.17, 15) is 14.7 Å². The Morgan fingerprint density at radius 3 is 2.24 bits per heavy atom. The number of rotatable bonds is 3. The first-order chi connectivity index (χ1) is 8.08. The third kappa shape index (κ3) is 2.28. The second kappa shape index (κ2) is 4.30. The number of nitrogen functional groups attached to an aromatic ring is 1. The van der Waals surface area contributed by atoms with Crippen molar-refractivity contribution in [3.05, 3.63) is 50.8 Å². The molecular formula is C10H12N4O3. The van der Waals surface area contributed by atoms with Crippen molar-refractivity contribution < 1.29 is 5.11 Å². The quantitative estimate of drug-likeness (QED) is 0.521. The minimum absolute atomic E-state index is 0.110. The van der Waals surface area contributed by atoms with Gasteiger partial charge < -0.3 is 10.8 Å². The van der Waals surface area contributed by atoms with Gasteiger partial charge in [0.05, 0.1) is 12.6 Å². The van der Waals surface area contributed by atoms with Gasteiger partial charge in [-0.25, -0.2) is 24.4 Å². The highest BCUT2D eigenvalue weighted by atomic mass is 16.3.